The van der Waals surface area contributed by atoms with Crippen molar-refractivity contribution in [3.8, 4) is 11.4 Å². The lowest BCUT2D eigenvalue weighted by atomic mass is 10.1. The van der Waals surface area contributed by atoms with Crippen LogP contribution in [0.2, 0.25) is 0 Å². The van der Waals surface area contributed by atoms with Crippen LogP contribution in [-0.2, 0) is 16.0 Å². The first kappa shape index (κ1) is 24.5. The van der Waals surface area contributed by atoms with Gasteiger partial charge in [0.1, 0.15) is 17.1 Å². The summed E-state index contributed by atoms with van der Waals surface area (Å²) in [6.45, 7) is 9.28. The maximum absolute atomic E-state index is 12.4. The van der Waals surface area contributed by atoms with E-state index in [1.165, 1.54) is 0 Å². The molecule has 2 aliphatic rings. The number of hydrogen-bond donors (Lipinski definition) is 1. The standard InChI is InChI=1S/C26H35N7O3/c1-26(2,3)36-25(34)32-12-10-31(11-13-32)22-8-6-7-20(29-22)24-19-15-18(16-27)28-17-21(19)33(30-24)23-9-4-5-14-35-23/h6-8,15,17,23H,4-5,9-14,16,27H2,1-3H3. The number of aromatic nitrogens is 4. The molecule has 10 heteroatoms. The van der Waals surface area contributed by atoms with Crippen molar-refractivity contribution in [1.29, 1.82) is 0 Å². The Labute approximate surface area is 211 Å². The van der Waals surface area contributed by atoms with Gasteiger partial charge in [0.05, 0.1) is 23.1 Å². The highest BCUT2D eigenvalue weighted by atomic mass is 16.6. The van der Waals surface area contributed by atoms with Gasteiger partial charge in [0, 0.05) is 44.7 Å². The second kappa shape index (κ2) is 10.0. The van der Waals surface area contributed by atoms with E-state index in [1.54, 1.807) is 4.90 Å². The topological polar surface area (TPSA) is 112 Å². The monoisotopic (exact) mass is 493 g/mol. The largest absolute Gasteiger partial charge is 0.444 e. The molecule has 0 aromatic carbocycles. The number of pyridine rings is 2. The fourth-order valence-corrected chi connectivity index (χ4v) is 4.69. The van der Waals surface area contributed by atoms with Crippen molar-refractivity contribution >= 4 is 22.8 Å². The van der Waals surface area contributed by atoms with E-state index >= 15 is 0 Å². The molecule has 2 aliphatic heterocycles. The molecule has 36 heavy (non-hydrogen) atoms. The Morgan fingerprint density at radius 1 is 1.19 bits per heavy atom. The van der Waals surface area contributed by atoms with Gasteiger partial charge in [-0.1, -0.05) is 6.07 Å². The molecule has 1 unspecified atom stereocenters. The Bertz CT molecular complexity index is 1220. The third-order valence-electron chi connectivity index (χ3n) is 6.52. The lowest BCUT2D eigenvalue weighted by Gasteiger charge is -2.36. The molecular weight excluding hydrogens is 458 g/mol. The van der Waals surface area contributed by atoms with E-state index in [0.717, 1.165) is 59.7 Å². The number of fused-ring (bicyclic) bond motifs is 1. The summed E-state index contributed by atoms with van der Waals surface area (Å²) in [6.07, 6.45) is 4.57. The van der Waals surface area contributed by atoms with E-state index in [-0.39, 0.29) is 12.3 Å². The smallest absolute Gasteiger partial charge is 0.410 e. The first-order chi connectivity index (χ1) is 17.3. The minimum atomic E-state index is -0.502. The van der Waals surface area contributed by atoms with Crippen LogP contribution in [0.4, 0.5) is 10.6 Å². The van der Waals surface area contributed by atoms with E-state index in [9.17, 15) is 4.79 Å². The van der Waals surface area contributed by atoms with Gasteiger partial charge in [-0.15, -0.1) is 0 Å². The van der Waals surface area contributed by atoms with Crippen LogP contribution in [0.3, 0.4) is 0 Å². The molecular formula is C26H35N7O3. The normalized spacial score (nSPS) is 19.1. The second-order valence-corrected chi connectivity index (χ2v) is 10.3. The molecule has 0 radical (unpaired) electrons. The van der Waals surface area contributed by atoms with Gasteiger partial charge in [0.15, 0.2) is 6.23 Å². The van der Waals surface area contributed by atoms with Crippen LogP contribution in [0.5, 0.6) is 0 Å². The fraction of sp³-hybridized carbons (Fsp3) is 0.538. The highest BCUT2D eigenvalue weighted by Gasteiger charge is 2.27. The van der Waals surface area contributed by atoms with Gasteiger partial charge < -0.3 is 25.0 Å². The van der Waals surface area contributed by atoms with Crippen LogP contribution >= 0.6 is 0 Å². The molecule has 3 aromatic heterocycles. The van der Waals surface area contributed by atoms with Crippen molar-refractivity contribution in [2.24, 2.45) is 5.73 Å². The molecule has 2 N–H and O–H groups in total. The second-order valence-electron chi connectivity index (χ2n) is 10.3. The Hall–Kier alpha value is -3.24. The molecule has 1 amide bonds. The highest BCUT2D eigenvalue weighted by molar-refractivity contribution is 5.92. The molecule has 5 rings (SSSR count). The number of carbonyl (C=O) groups is 1. The van der Waals surface area contributed by atoms with Crippen molar-refractivity contribution in [2.45, 2.75) is 58.4 Å². The number of anilines is 1. The van der Waals surface area contributed by atoms with Crippen molar-refractivity contribution in [3.05, 3.63) is 36.2 Å². The number of carbonyl (C=O) groups excluding carboxylic acids is 1. The first-order valence-electron chi connectivity index (χ1n) is 12.7. The van der Waals surface area contributed by atoms with Crippen LogP contribution < -0.4 is 10.6 Å². The lowest BCUT2D eigenvalue weighted by molar-refractivity contribution is -0.0365. The fourth-order valence-electron chi connectivity index (χ4n) is 4.69. The van der Waals surface area contributed by atoms with Gasteiger partial charge in [0.2, 0.25) is 0 Å². The summed E-state index contributed by atoms with van der Waals surface area (Å²) >= 11 is 0. The number of nitrogens with zero attached hydrogens (tertiary/aromatic N) is 6. The maximum atomic E-state index is 12.4. The molecule has 10 nitrogen and oxygen atoms in total. The first-order valence-corrected chi connectivity index (χ1v) is 12.7. The zero-order valence-corrected chi connectivity index (χ0v) is 21.3. The number of nitrogens with two attached hydrogens (primary N) is 1. The molecule has 1 atom stereocenters. The van der Waals surface area contributed by atoms with Crippen LogP contribution in [0, 0.1) is 0 Å². The zero-order valence-electron chi connectivity index (χ0n) is 21.3. The number of ether oxygens (including phenoxy) is 2. The summed E-state index contributed by atoms with van der Waals surface area (Å²) in [5, 5.41) is 5.95. The molecule has 0 aliphatic carbocycles. The van der Waals surface area contributed by atoms with Crippen LogP contribution in [0.15, 0.2) is 30.5 Å². The molecule has 192 valence electrons. The number of piperazine rings is 1. The maximum Gasteiger partial charge on any atom is 0.410 e. The zero-order chi connectivity index (χ0) is 25.3. The Morgan fingerprint density at radius 3 is 2.69 bits per heavy atom. The van der Waals surface area contributed by atoms with Crippen LogP contribution in [0.1, 0.15) is 52.0 Å². The Balaban J connectivity index is 1.41. The van der Waals surface area contributed by atoms with Gasteiger partial charge in [-0.2, -0.15) is 5.10 Å². The van der Waals surface area contributed by atoms with E-state index in [0.29, 0.717) is 32.7 Å². The van der Waals surface area contributed by atoms with Crippen molar-refractivity contribution in [1.82, 2.24) is 24.6 Å². The summed E-state index contributed by atoms with van der Waals surface area (Å²) in [5.41, 5.74) is 8.71. The number of hydrogen-bond acceptors (Lipinski definition) is 8. The van der Waals surface area contributed by atoms with E-state index < -0.39 is 5.60 Å². The van der Waals surface area contributed by atoms with Gasteiger partial charge >= 0.3 is 6.09 Å². The quantitative estimate of drug-likeness (QED) is 0.586. The van der Waals surface area contributed by atoms with E-state index in [2.05, 4.69) is 9.88 Å². The van der Waals surface area contributed by atoms with Gasteiger partial charge in [-0.05, 0) is 58.2 Å². The van der Waals surface area contributed by atoms with Crippen molar-refractivity contribution < 1.29 is 14.3 Å². The average Bonchev–Trinajstić information content (AvgIpc) is 3.27. The predicted molar refractivity (Wildman–Crippen MR) is 138 cm³/mol. The molecule has 0 bridgehead atoms. The van der Waals surface area contributed by atoms with E-state index in [4.69, 9.17) is 25.3 Å². The molecule has 0 spiro atoms. The van der Waals surface area contributed by atoms with Crippen molar-refractivity contribution in [2.75, 3.05) is 37.7 Å². The summed E-state index contributed by atoms with van der Waals surface area (Å²) in [4.78, 5) is 25.9. The average molecular weight is 494 g/mol. The molecule has 5 heterocycles. The number of amides is 1. The molecule has 0 saturated carbocycles. The van der Waals surface area contributed by atoms with Crippen LogP contribution in [-0.4, -0.2) is 69.1 Å². The summed E-state index contributed by atoms with van der Waals surface area (Å²) in [7, 11) is 0. The number of rotatable bonds is 4. The Kier molecular flexibility index (Phi) is 6.81. The van der Waals surface area contributed by atoms with E-state index in [1.807, 2.05) is 55.9 Å². The van der Waals surface area contributed by atoms with Gasteiger partial charge in [-0.25, -0.2) is 14.5 Å². The van der Waals surface area contributed by atoms with Gasteiger partial charge in [-0.3, -0.25) is 4.98 Å². The molecule has 2 saturated heterocycles. The molecule has 3 aromatic rings. The summed E-state index contributed by atoms with van der Waals surface area (Å²) in [6, 6.07) is 8.00. The predicted octanol–water partition coefficient (Wildman–Crippen LogP) is 3.71. The third kappa shape index (κ3) is 5.15. The molecule has 2 fully saturated rings. The van der Waals surface area contributed by atoms with Crippen molar-refractivity contribution in [3.63, 3.8) is 0 Å². The van der Waals surface area contributed by atoms with Gasteiger partial charge in [0.25, 0.3) is 0 Å². The lowest BCUT2D eigenvalue weighted by Crippen LogP contribution is -2.50. The Morgan fingerprint density at radius 2 is 2.00 bits per heavy atom. The minimum Gasteiger partial charge on any atom is -0.444 e. The van der Waals surface area contributed by atoms with Crippen LogP contribution in [0.25, 0.3) is 22.3 Å². The minimum absolute atomic E-state index is 0.107. The SMILES string of the molecule is CC(C)(C)OC(=O)N1CCN(c2cccc(-c3nn(C4CCCCO4)c4cnc(CN)cc34)n2)CC1. The third-order valence-corrected chi connectivity index (χ3v) is 6.52. The highest BCUT2D eigenvalue weighted by Crippen LogP contribution is 2.33. The summed E-state index contributed by atoms with van der Waals surface area (Å²) in [5.74, 6) is 0.862. The summed E-state index contributed by atoms with van der Waals surface area (Å²) < 4.78 is 13.5.